The second kappa shape index (κ2) is 4.94. The number of aryl methyl sites for hydroxylation is 2. The molecule has 1 aromatic carbocycles. The SMILES string of the molecule is Cc1cccc(NC(=O)c2cnn(C)c2C)c1Br. The van der Waals surface area contributed by atoms with E-state index < -0.39 is 0 Å². The summed E-state index contributed by atoms with van der Waals surface area (Å²) >= 11 is 3.47. The first kappa shape index (κ1) is 12.8. The molecule has 0 saturated heterocycles. The third-order valence-corrected chi connectivity index (χ3v) is 3.97. The molecule has 18 heavy (non-hydrogen) atoms. The van der Waals surface area contributed by atoms with E-state index in [1.165, 1.54) is 0 Å². The maximum Gasteiger partial charge on any atom is 0.259 e. The fourth-order valence-corrected chi connectivity index (χ4v) is 2.02. The number of carbonyl (C=O) groups excluding carboxylic acids is 1. The fourth-order valence-electron chi connectivity index (χ4n) is 1.66. The van der Waals surface area contributed by atoms with Crippen LogP contribution in [0.1, 0.15) is 21.6 Å². The number of nitrogens with one attached hydrogen (secondary N) is 1. The maximum absolute atomic E-state index is 12.1. The summed E-state index contributed by atoms with van der Waals surface area (Å²) in [5.41, 5.74) is 3.28. The van der Waals surface area contributed by atoms with Crippen LogP contribution in [0.5, 0.6) is 0 Å². The van der Waals surface area contributed by atoms with E-state index in [0.29, 0.717) is 5.56 Å². The second-order valence-electron chi connectivity index (χ2n) is 4.16. The van der Waals surface area contributed by atoms with Gasteiger partial charge in [0.25, 0.3) is 5.91 Å². The summed E-state index contributed by atoms with van der Waals surface area (Å²) < 4.78 is 2.58. The molecular formula is C13H14BrN3O. The van der Waals surface area contributed by atoms with E-state index in [4.69, 9.17) is 0 Å². The molecule has 2 aromatic rings. The minimum Gasteiger partial charge on any atom is -0.321 e. The summed E-state index contributed by atoms with van der Waals surface area (Å²) in [4.78, 5) is 12.1. The maximum atomic E-state index is 12.1. The van der Waals surface area contributed by atoms with Crippen LogP contribution >= 0.6 is 15.9 Å². The topological polar surface area (TPSA) is 46.9 Å². The van der Waals surface area contributed by atoms with Crippen LogP contribution in [-0.4, -0.2) is 15.7 Å². The molecule has 0 bridgehead atoms. The lowest BCUT2D eigenvalue weighted by Gasteiger charge is -2.08. The van der Waals surface area contributed by atoms with E-state index in [2.05, 4.69) is 26.3 Å². The molecule has 4 nitrogen and oxygen atoms in total. The minimum atomic E-state index is -0.146. The summed E-state index contributed by atoms with van der Waals surface area (Å²) in [7, 11) is 1.81. The Morgan fingerprint density at radius 1 is 1.39 bits per heavy atom. The highest BCUT2D eigenvalue weighted by Gasteiger charge is 2.14. The highest BCUT2D eigenvalue weighted by Crippen LogP contribution is 2.26. The van der Waals surface area contributed by atoms with Gasteiger partial charge in [-0.15, -0.1) is 0 Å². The molecule has 0 unspecified atom stereocenters. The van der Waals surface area contributed by atoms with Crippen molar-refractivity contribution in [3.05, 3.63) is 45.7 Å². The fraction of sp³-hybridized carbons (Fsp3) is 0.231. The molecule has 0 spiro atoms. The van der Waals surface area contributed by atoms with Crippen molar-refractivity contribution >= 4 is 27.5 Å². The summed E-state index contributed by atoms with van der Waals surface area (Å²) in [5.74, 6) is -0.146. The number of nitrogens with zero attached hydrogens (tertiary/aromatic N) is 2. The Morgan fingerprint density at radius 3 is 2.72 bits per heavy atom. The van der Waals surface area contributed by atoms with Gasteiger partial charge in [0, 0.05) is 17.2 Å². The van der Waals surface area contributed by atoms with Crippen molar-refractivity contribution < 1.29 is 4.79 Å². The number of aromatic nitrogens is 2. The number of hydrogen-bond donors (Lipinski definition) is 1. The predicted molar refractivity (Wildman–Crippen MR) is 74.8 cm³/mol. The van der Waals surface area contributed by atoms with Gasteiger partial charge >= 0.3 is 0 Å². The van der Waals surface area contributed by atoms with Crippen molar-refractivity contribution in [3.8, 4) is 0 Å². The van der Waals surface area contributed by atoms with Gasteiger partial charge in [0.2, 0.25) is 0 Å². The third-order valence-electron chi connectivity index (χ3n) is 2.92. The van der Waals surface area contributed by atoms with E-state index in [1.807, 2.05) is 39.1 Å². The lowest BCUT2D eigenvalue weighted by Crippen LogP contribution is -2.13. The molecule has 0 saturated carbocycles. The molecule has 0 aliphatic heterocycles. The zero-order chi connectivity index (χ0) is 13.3. The minimum absolute atomic E-state index is 0.146. The number of rotatable bonds is 2. The first-order valence-corrected chi connectivity index (χ1v) is 6.35. The molecule has 0 aliphatic rings. The number of halogens is 1. The Hall–Kier alpha value is -1.62. The number of amides is 1. The van der Waals surface area contributed by atoms with E-state index in [1.54, 1.807) is 10.9 Å². The molecule has 0 aliphatic carbocycles. The average Bonchev–Trinajstić information content (AvgIpc) is 2.66. The van der Waals surface area contributed by atoms with Crippen molar-refractivity contribution in [2.24, 2.45) is 7.05 Å². The number of hydrogen-bond acceptors (Lipinski definition) is 2. The molecular weight excluding hydrogens is 294 g/mol. The van der Waals surface area contributed by atoms with Crippen molar-refractivity contribution in [1.29, 1.82) is 0 Å². The van der Waals surface area contributed by atoms with Crippen molar-refractivity contribution in [3.63, 3.8) is 0 Å². The van der Waals surface area contributed by atoms with Gasteiger partial charge in [-0.25, -0.2) is 0 Å². The van der Waals surface area contributed by atoms with Gasteiger partial charge in [-0.1, -0.05) is 12.1 Å². The molecule has 2 rings (SSSR count). The van der Waals surface area contributed by atoms with Gasteiger partial charge in [-0.3, -0.25) is 9.48 Å². The zero-order valence-electron chi connectivity index (χ0n) is 10.5. The van der Waals surface area contributed by atoms with Gasteiger partial charge in [-0.05, 0) is 41.4 Å². The molecule has 1 amide bonds. The normalized spacial score (nSPS) is 10.4. The second-order valence-corrected chi connectivity index (χ2v) is 4.95. The summed E-state index contributed by atoms with van der Waals surface area (Å²) in [6.07, 6.45) is 1.58. The van der Waals surface area contributed by atoms with Gasteiger partial charge in [-0.2, -0.15) is 5.10 Å². The molecule has 0 radical (unpaired) electrons. The molecule has 1 N–H and O–H groups in total. The average molecular weight is 308 g/mol. The smallest absolute Gasteiger partial charge is 0.259 e. The lowest BCUT2D eigenvalue weighted by atomic mass is 10.2. The predicted octanol–water partition coefficient (Wildman–Crippen LogP) is 3.05. The summed E-state index contributed by atoms with van der Waals surface area (Å²) in [5, 5.41) is 6.95. The molecule has 1 heterocycles. The van der Waals surface area contributed by atoms with Crippen LogP contribution in [0.25, 0.3) is 0 Å². The Labute approximate surface area is 114 Å². The van der Waals surface area contributed by atoms with Crippen LogP contribution in [0.4, 0.5) is 5.69 Å². The van der Waals surface area contributed by atoms with Crippen LogP contribution in [0.15, 0.2) is 28.9 Å². The number of benzene rings is 1. The van der Waals surface area contributed by atoms with Crippen LogP contribution < -0.4 is 5.32 Å². The molecule has 94 valence electrons. The van der Waals surface area contributed by atoms with Gasteiger partial charge in [0.15, 0.2) is 0 Å². The monoisotopic (exact) mass is 307 g/mol. The molecule has 1 aromatic heterocycles. The van der Waals surface area contributed by atoms with Crippen molar-refractivity contribution in [2.75, 3.05) is 5.32 Å². The Morgan fingerprint density at radius 2 is 2.11 bits per heavy atom. The van der Waals surface area contributed by atoms with Crippen LogP contribution in [0.2, 0.25) is 0 Å². The number of anilines is 1. The number of carbonyl (C=O) groups is 1. The van der Waals surface area contributed by atoms with Crippen LogP contribution in [-0.2, 0) is 7.05 Å². The standard InChI is InChI=1S/C13H14BrN3O/c1-8-5-4-6-11(12(8)14)16-13(18)10-7-15-17(3)9(10)2/h4-7H,1-3H3,(H,16,18). The lowest BCUT2D eigenvalue weighted by molar-refractivity contribution is 0.102. The van der Waals surface area contributed by atoms with Gasteiger partial charge in [0.05, 0.1) is 17.4 Å². The highest BCUT2D eigenvalue weighted by molar-refractivity contribution is 9.10. The van der Waals surface area contributed by atoms with Gasteiger partial charge < -0.3 is 5.32 Å². The van der Waals surface area contributed by atoms with Crippen LogP contribution in [0.3, 0.4) is 0 Å². The molecule has 0 atom stereocenters. The summed E-state index contributed by atoms with van der Waals surface area (Å²) in [6.45, 7) is 3.85. The highest BCUT2D eigenvalue weighted by atomic mass is 79.9. The van der Waals surface area contributed by atoms with Crippen LogP contribution in [0, 0.1) is 13.8 Å². The van der Waals surface area contributed by atoms with Crippen molar-refractivity contribution in [1.82, 2.24) is 9.78 Å². The molecule has 0 fully saturated rings. The van der Waals surface area contributed by atoms with E-state index in [-0.39, 0.29) is 5.91 Å². The Kier molecular flexibility index (Phi) is 3.52. The molecule has 5 heteroatoms. The quantitative estimate of drug-likeness (QED) is 0.927. The van der Waals surface area contributed by atoms with E-state index in [0.717, 1.165) is 21.4 Å². The Bertz CT molecular complexity index is 604. The van der Waals surface area contributed by atoms with E-state index >= 15 is 0 Å². The van der Waals surface area contributed by atoms with Crippen molar-refractivity contribution in [2.45, 2.75) is 13.8 Å². The largest absolute Gasteiger partial charge is 0.321 e. The summed E-state index contributed by atoms with van der Waals surface area (Å²) in [6, 6.07) is 5.75. The third kappa shape index (κ3) is 2.31. The first-order valence-electron chi connectivity index (χ1n) is 5.55. The van der Waals surface area contributed by atoms with E-state index in [9.17, 15) is 4.79 Å². The Balaban J connectivity index is 2.27. The first-order chi connectivity index (χ1) is 8.50. The van der Waals surface area contributed by atoms with Gasteiger partial charge in [0.1, 0.15) is 0 Å². The zero-order valence-corrected chi connectivity index (χ0v) is 12.1.